The van der Waals surface area contributed by atoms with Crippen molar-refractivity contribution in [3.05, 3.63) is 64.6 Å². The number of hydrogen-bond donors (Lipinski definition) is 2. The van der Waals surface area contributed by atoms with Crippen molar-refractivity contribution in [2.75, 3.05) is 12.8 Å². The Morgan fingerprint density at radius 2 is 1.97 bits per heavy atom. The molecule has 3 heterocycles. The number of carbonyl (C=O) groups excluding carboxylic acids is 2. The highest BCUT2D eigenvalue weighted by Crippen LogP contribution is 2.46. The molecule has 174 valence electrons. The van der Waals surface area contributed by atoms with Crippen molar-refractivity contribution in [2.45, 2.75) is 33.2 Å². The molecule has 4 aromatic rings. The highest BCUT2D eigenvalue weighted by molar-refractivity contribution is 7.21. The van der Waals surface area contributed by atoms with E-state index in [1.54, 1.807) is 25.5 Å². The number of hydrogen-bond acceptors (Lipinski definition) is 7. The summed E-state index contributed by atoms with van der Waals surface area (Å²) in [5.74, 6) is 1.10. The number of benzene rings is 1. The molecule has 0 bridgehead atoms. The number of pyridine rings is 1. The van der Waals surface area contributed by atoms with E-state index in [2.05, 4.69) is 19.2 Å². The van der Waals surface area contributed by atoms with Crippen LogP contribution in [-0.2, 0) is 13.0 Å². The number of nitrogens with zero attached hydrogens (tertiary/aromatic N) is 1. The molecule has 1 amide bonds. The lowest BCUT2D eigenvalue weighted by Crippen LogP contribution is -2.28. The monoisotopic (exact) mass is 475 g/mol. The molecular weight excluding hydrogens is 450 g/mol. The Kier molecular flexibility index (Phi) is 5.40. The van der Waals surface area contributed by atoms with Gasteiger partial charge in [0.25, 0.3) is 5.91 Å². The number of methoxy groups -OCH3 is 1. The predicted octanol–water partition coefficient (Wildman–Crippen LogP) is 5.23. The molecule has 34 heavy (non-hydrogen) atoms. The molecule has 7 nitrogen and oxygen atoms in total. The van der Waals surface area contributed by atoms with E-state index in [0.29, 0.717) is 50.7 Å². The number of aromatic nitrogens is 1. The van der Waals surface area contributed by atoms with Gasteiger partial charge >= 0.3 is 0 Å². The van der Waals surface area contributed by atoms with Crippen LogP contribution < -0.4 is 15.8 Å². The minimum atomic E-state index is -0.304. The SMILES string of the molecule is COc1ccc(-c2c3c(nc4sc(C(=O)NCc5ccco5)c(N)c24)CC(C)(C)CC3=O)cc1. The van der Waals surface area contributed by atoms with Crippen LogP contribution >= 0.6 is 11.3 Å². The second-order valence-electron chi connectivity index (χ2n) is 9.26. The van der Waals surface area contributed by atoms with Crippen LogP contribution in [0.15, 0.2) is 47.1 Å². The molecule has 0 unspecified atom stereocenters. The van der Waals surface area contributed by atoms with E-state index in [4.69, 9.17) is 19.9 Å². The van der Waals surface area contributed by atoms with Crippen LogP contribution in [0.1, 0.15) is 51.8 Å². The third kappa shape index (κ3) is 3.84. The number of ether oxygens (including phenoxy) is 1. The molecule has 3 aromatic heterocycles. The maximum Gasteiger partial charge on any atom is 0.263 e. The fraction of sp³-hybridized carbons (Fsp3) is 0.269. The zero-order valence-corrected chi connectivity index (χ0v) is 20.0. The summed E-state index contributed by atoms with van der Waals surface area (Å²) in [6, 6.07) is 11.1. The highest BCUT2D eigenvalue weighted by atomic mass is 32.1. The average molecular weight is 476 g/mol. The van der Waals surface area contributed by atoms with Crippen molar-refractivity contribution in [1.82, 2.24) is 10.3 Å². The number of anilines is 1. The van der Waals surface area contributed by atoms with Crippen LogP contribution in [0.25, 0.3) is 21.3 Å². The van der Waals surface area contributed by atoms with Crippen molar-refractivity contribution in [2.24, 2.45) is 5.41 Å². The van der Waals surface area contributed by atoms with Crippen molar-refractivity contribution in [3.8, 4) is 16.9 Å². The molecule has 0 atom stereocenters. The highest BCUT2D eigenvalue weighted by Gasteiger charge is 2.36. The first-order valence-corrected chi connectivity index (χ1v) is 11.8. The summed E-state index contributed by atoms with van der Waals surface area (Å²) < 4.78 is 10.6. The standard InChI is InChI=1S/C26H25N3O4S/c1-26(2)11-17-20(18(30)12-26)19(14-6-8-15(32-3)9-7-14)21-22(27)23(34-25(21)29-17)24(31)28-13-16-5-4-10-33-16/h4-10H,11-13,27H2,1-3H3,(H,28,31). The molecular formula is C26H25N3O4S. The first-order valence-electron chi connectivity index (χ1n) is 11.0. The molecule has 0 fully saturated rings. The number of fused-ring (bicyclic) bond motifs is 2. The molecule has 1 aliphatic carbocycles. The van der Waals surface area contributed by atoms with Crippen LogP contribution in [0.5, 0.6) is 5.75 Å². The molecule has 0 spiro atoms. The maximum absolute atomic E-state index is 13.4. The number of carbonyl (C=O) groups is 2. The van der Waals surface area contributed by atoms with E-state index >= 15 is 0 Å². The quantitative estimate of drug-likeness (QED) is 0.409. The summed E-state index contributed by atoms with van der Waals surface area (Å²) in [4.78, 5) is 32.2. The fourth-order valence-electron chi connectivity index (χ4n) is 4.54. The Hall–Kier alpha value is -3.65. The topological polar surface area (TPSA) is 107 Å². The van der Waals surface area contributed by atoms with Gasteiger partial charge in [-0.05, 0) is 41.7 Å². The third-order valence-corrected chi connectivity index (χ3v) is 7.20. The van der Waals surface area contributed by atoms with Gasteiger partial charge in [-0.1, -0.05) is 26.0 Å². The molecule has 0 saturated carbocycles. The van der Waals surface area contributed by atoms with Gasteiger partial charge in [0.05, 0.1) is 31.3 Å². The first kappa shape index (κ1) is 22.2. The lowest BCUT2D eigenvalue weighted by atomic mass is 9.73. The zero-order chi connectivity index (χ0) is 24.0. The minimum Gasteiger partial charge on any atom is -0.497 e. The van der Waals surface area contributed by atoms with Crippen molar-refractivity contribution >= 4 is 38.9 Å². The van der Waals surface area contributed by atoms with Gasteiger partial charge in [0, 0.05) is 22.9 Å². The van der Waals surface area contributed by atoms with Gasteiger partial charge in [-0.15, -0.1) is 11.3 Å². The van der Waals surface area contributed by atoms with E-state index in [-0.39, 0.29) is 23.7 Å². The number of nitrogens with two attached hydrogens (primary N) is 1. The van der Waals surface area contributed by atoms with Crippen molar-refractivity contribution < 1.29 is 18.7 Å². The largest absolute Gasteiger partial charge is 0.497 e. The van der Waals surface area contributed by atoms with Crippen LogP contribution in [0.2, 0.25) is 0 Å². The Morgan fingerprint density at radius 1 is 1.21 bits per heavy atom. The Morgan fingerprint density at radius 3 is 2.65 bits per heavy atom. The van der Waals surface area contributed by atoms with Gasteiger partial charge in [-0.3, -0.25) is 9.59 Å². The maximum atomic E-state index is 13.4. The van der Waals surface area contributed by atoms with Crippen LogP contribution in [0, 0.1) is 5.41 Å². The van der Waals surface area contributed by atoms with Crippen LogP contribution in [-0.4, -0.2) is 23.8 Å². The third-order valence-electron chi connectivity index (χ3n) is 6.10. The number of nitrogen functional groups attached to an aromatic ring is 1. The van der Waals surface area contributed by atoms with Crippen LogP contribution in [0.4, 0.5) is 5.69 Å². The molecule has 5 rings (SSSR count). The van der Waals surface area contributed by atoms with E-state index in [1.165, 1.54) is 11.3 Å². The Balaban J connectivity index is 1.68. The van der Waals surface area contributed by atoms with Gasteiger partial charge in [0.15, 0.2) is 5.78 Å². The molecule has 8 heteroatoms. The van der Waals surface area contributed by atoms with Gasteiger partial charge < -0.3 is 20.2 Å². The fourth-order valence-corrected chi connectivity index (χ4v) is 5.58. The molecule has 0 radical (unpaired) electrons. The molecule has 1 aliphatic rings. The van der Waals surface area contributed by atoms with E-state index < -0.39 is 0 Å². The zero-order valence-electron chi connectivity index (χ0n) is 19.2. The number of rotatable bonds is 5. The number of thiophene rings is 1. The van der Waals surface area contributed by atoms with Crippen molar-refractivity contribution in [3.63, 3.8) is 0 Å². The number of amides is 1. The summed E-state index contributed by atoms with van der Waals surface area (Å²) in [6.07, 6.45) is 2.66. The summed E-state index contributed by atoms with van der Waals surface area (Å²) in [5, 5.41) is 3.50. The van der Waals surface area contributed by atoms with Crippen LogP contribution in [0.3, 0.4) is 0 Å². The molecule has 0 aliphatic heterocycles. The van der Waals surface area contributed by atoms with E-state index in [9.17, 15) is 9.59 Å². The second kappa shape index (κ2) is 8.29. The molecule has 0 saturated heterocycles. The van der Waals surface area contributed by atoms with E-state index in [1.807, 2.05) is 24.3 Å². The van der Waals surface area contributed by atoms with Gasteiger partial charge in [-0.25, -0.2) is 4.98 Å². The lowest BCUT2D eigenvalue weighted by Gasteiger charge is -2.31. The summed E-state index contributed by atoms with van der Waals surface area (Å²) in [7, 11) is 1.61. The number of Topliss-reactive ketones (excluding diaryl/α,β-unsaturated/α-hetero) is 1. The normalized spacial score (nSPS) is 14.7. The van der Waals surface area contributed by atoms with E-state index in [0.717, 1.165) is 16.8 Å². The number of furan rings is 1. The smallest absolute Gasteiger partial charge is 0.263 e. The molecule has 1 aromatic carbocycles. The van der Waals surface area contributed by atoms with Gasteiger partial charge in [0.1, 0.15) is 21.2 Å². The number of ketones is 1. The van der Waals surface area contributed by atoms with Gasteiger partial charge in [0.2, 0.25) is 0 Å². The average Bonchev–Trinajstić information content (AvgIpc) is 3.43. The minimum absolute atomic E-state index is 0.0425. The summed E-state index contributed by atoms with van der Waals surface area (Å²) >= 11 is 1.25. The Labute approximate surface area is 200 Å². The summed E-state index contributed by atoms with van der Waals surface area (Å²) in [6.45, 7) is 4.40. The van der Waals surface area contributed by atoms with Crippen molar-refractivity contribution in [1.29, 1.82) is 0 Å². The predicted molar refractivity (Wildman–Crippen MR) is 132 cm³/mol. The first-order chi connectivity index (χ1) is 16.3. The summed E-state index contributed by atoms with van der Waals surface area (Å²) in [5.41, 5.74) is 9.64. The lowest BCUT2D eigenvalue weighted by molar-refractivity contribution is 0.0910. The Bertz CT molecular complexity index is 1400. The number of nitrogens with one attached hydrogen (secondary N) is 1. The molecule has 3 N–H and O–H groups in total. The van der Waals surface area contributed by atoms with Gasteiger partial charge in [-0.2, -0.15) is 0 Å². The second-order valence-corrected chi connectivity index (χ2v) is 10.3.